The zero-order valence-corrected chi connectivity index (χ0v) is 14.1. The van der Waals surface area contributed by atoms with Gasteiger partial charge in [-0.2, -0.15) is 0 Å². The molecule has 0 saturated carbocycles. The Morgan fingerprint density at radius 2 is 2.00 bits per heavy atom. The minimum absolute atomic E-state index is 0. The Kier molecular flexibility index (Phi) is 4.72. The Labute approximate surface area is 150 Å². The second-order valence-corrected chi connectivity index (χ2v) is 5.71. The predicted octanol–water partition coefficient (Wildman–Crippen LogP) is 3.09. The number of nitrogens with one attached hydrogen (secondary N) is 2. The maximum atomic E-state index is 11.1. The first-order valence-electron chi connectivity index (χ1n) is 7.83. The molecule has 3 aromatic rings. The number of carboxylic acids is 1. The number of H-pyrrole nitrogens is 1. The van der Waals surface area contributed by atoms with Gasteiger partial charge in [-0.25, -0.2) is 9.78 Å². The molecule has 2 heterocycles. The van der Waals surface area contributed by atoms with Crippen molar-refractivity contribution in [2.24, 2.45) is 4.99 Å². The smallest absolute Gasteiger partial charge is 0.335 e. The van der Waals surface area contributed by atoms with Crippen LogP contribution in [0, 0.1) is 0 Å². The number of rotatable bonds is 3. The molecule has 1 aliphatic rings. The largest absolute Gasteiger partial charge is 0.478 e. The van der Waals surface area contributed by atoms with Crippen molar-refractivity contribution < 1.29 is 9.90 Å². The number of hydrogen-bond acceptors (Lipinski definition) is 4. The third kappa shape index (κ3) is 3.34. The van der Waals surface area contributed by atoms with Crippen LogP contribution in [0.4, 0.5) is 0 Å². The van der Waals surface area contributed by atoms with Crippen molar-refractivity contribution in [1.29, 1.82) is 0 Å². The molecule has 128 valence electrons. The van der Waals surface area contributed by atoms with E-state index in [1.54, 1.807) is 18.2 Å². The lowest BCUT2D eigenvalue weighted by atomic mass is 10.1. The Morgan fingerprint density at radius 3 is 2.76 bits per heavy atom. The SMILES string of the molecule is Cl.O=C(O)c1cccc(-c2nc3ccc(C4=NCCCN4)cc3[nH]2)c1. The molecule has 2 aromatic carbocycles. The number of aromatic nitrogens is 2. The van der Waals surface area contributed by atoms with Crippen molar-refractivity contribution >= 4 is 35.2 Å². The summed E-state index contributed by atoms with van der Waals surface area (Å²) in [6.45, 7) is 1.78. The second-order valence-electron chi connectivity index (χ2n) is 5.71. The molecule has 0 amide bonds. The number of aromatic carboxylic acids is 1. The fraction of sp³-hybridized carbons (Fsp3) is 0.167. The molecule has 0 radical (unpaired) electrons. The molecule has 0 spiro atoms. The average Bonchev–Trinajstić information content (AvgIpc) is 3.06. The van der Waals surface area contributed by atoms with Crippen LogP contribution in [0.5, 0.6) is 0 Å². The first-order chi connectivity index (χ1) is 11.7. The van der Waals surface area contributed by atoms with Gasteiger partial charge in [0.15, 0.2) is 0 Å². The molecule has 0 fully saturated rings. The average molecular weight is 357 g/mol. The summed E-state index contributed by atoms with van der Waals surface area (Å²) < 4.78 is 0. The van der Waals surface area contributed by atoms with Crippen molar-refractivity contribution in [2.75, 3.05) is 13.1 Å². The molecule has 4 rings (SSSR count). The number of fused-ring (bicyclic) bond motifs is 1. The summed E-state index contributed by atoms with van der Waals surface area (Å²) in [5.41, 5.74) is 3.76. The van der Waals surface area contributed by atoms with E-state index in [0.29, 0.717) is 5.82 Å². The number of imidazole rings is 1. The van der Waals surface area contributed by atoms with Gasteiger partial charge >= 0.3 is 5.97 Å². The van der Waals surface area contributed by atoms with Crippen LogP contribution in [0.1, 0.15) is 22.3 Å². The molecule has 0 unspecified atom stereocenters. The van der Waals surface area contributed by atoms with Crippen LogP contribution in [0.15, 0.2) is 47.5 Å². The van der Waals surface area contributed by atoms with Gasteiger partial charge in [0.1, 0.15) is 11.7 Å². The predicted molar refractivity (Wildman–Crippen MR) is 99.8 cm³/mol. The molecule has 7 heteroatoms. The number of halogens is 1. The first-order valence-corrected chi connectivity index (χ1v) is 7.83. The minimum Gasteiger partial charge on any atom is -0.478 e. The van der Waals surface area contributed by atoms with Crippen LogP contribution >= 0.6 is 12.4 Å². The molecule has 0 atom stereocenters. The topological polar surface area (TPSA) is 90.4 Å². The van der Waals surface area contributed by atoms with E-state index >= 15 is 0 Å². The number of carboxylic acid groups (broad SMARTS) is 1. The van der Waals surface area contributed by atoms with Gasteiger partial charge in [0.2, 0.25) is 0 Å². The summed E-state index contributed by atoms with van der Waals surface area (Å²) in [7, 11) is 0. The second kappa shape index (κ2) is 6.94. The molecule has 1 aliphatic heterocycles. The number of aromatic amines is 1. The number of aliphatic imine (C=N–C) groups is 1. The Balaban J connectivity index is 0.00000182. The van der Waals surface area contributed by atoms with E-state index in [4.69, 9.17) is 5.11 Å². The molecular weight excluding hydrogens is 340 g/mol. The monoisotopic (exact) mass is 356 g/mol. The molecule has 0 saturated heterocycles. The van der Waals surface area contributed by atoms with Crippen LogP contribution < -0.4 is 5.32 Å². The van der Waals surface area contributed by atoms with E-state index in [0.717, 1.165) is 47.5 Å². The van der Waals surface area contributed by atoms with E-state index < -0.39 is 5.97 Å². The first kappa shape index (κ1) is 17.0. The highest BCUT2D eigenvalue weighted by molar-refractivity contribution is 6.01. The molecular formula is C18H17ClN4O2. The Bertz CT molecular complexity index is 965. The Morgan fingerprint density at radius 1 is 1.12 bits per heavy atom. The van der Waals surface area contributed by atoms with Crippen LogP contribution in [-0.4, -0.2) is 40.0 Å². The van der Waals surface area contributed by atoms with E-state index in [-0.39, 0.29) is 18.0 Å². The van der Waals surface area contributed by atoms with Gasteiger partial charge in [-0.3, -0.25) is 4.99 Å². The van der Waals surface area contributed by atoms with Gasteiger partial charge in [0.25, 0.3) is 0 Å². The summed E-state index contributed by atoms with van der Waals surface area (Å²) in [5, 5.41) is 12.4. The normalized spacial score (nSPS) is 13.7. The maximum absolute atomic E-state index is 11.1. The number of benzene rings is 2. The summed E-state index contributed by atoms with van der Waals surface area (Å²) in [6, 6.07) is 12.7. The highest BCUT2D eigenvalue weighted by Gasteiger charge is 2.11. The number of amidine groups is 1. The van der Waals surface area contributed by atoms with Gasteiger partial charge in [0, 0.05) is 24.2 Å². The van der Waals surface area contributed by atoms with Crippen LogP contribution in [-0.2, 0) is 0 Å². The number of carbonyl (C=O) groups is 1. The van der Waals surface area contributed by atoms with Crippen LogP contribution in [0.2, 0.25) is 0 Å². The van der Waals surface area contributed by atoms with Crippen LogP contribution in [0.3, 0.4) is 0 Å². The van der Waals surface area contributed by atoms with Gasteiger partial charge in [-0.1, -0.05) is 12.1 Å². The molecule has 6 nitrogen and oxygen atoms in total. The highest BCUT2D eigenvalue weighted by atomic mass is 35.5. The molecule has 1 aromatic heterocycles. The molecule has 25 heavy (non-hydrogen) atoms. The summed E-state index contributed by atoms with van der Waals surface area (Å²) in [6.07, 6.45) is 1.06. The fourth-order valence-electron chi connectivity index (χ4n) is 2.82. The third-order valence-corrected chi connectivity index (χ3v) is 4.04. The summed E-state index contributed by atoms with van der Waals surface area (Å²) in [4.78, 5) is 23.5. The highest BCUT2D eigenvalue weighted by Crippen LogP contribution is 2.22. The quantitative estimate of drug-likeness (QED) is 0.672. The van der Waals surface area contributed by atoms with E-state index in [1.807, 2.05) is 24.3 Å². The van der Waals surface area contributed by atoms with Gasteiger partial charge in [-0.05, 0) is 36.8 Å². The molecule has 3 N–H and O–H groups in total. The standard InChI is InChI=1S/C18H16N4O2.ClH/c23-18(24)13-4-1-3-11(9-13)17-21-14-6-5-12(10-15(14)22-17)16-19-7-2-8-20-16;/h1,3-6,9-10H,2,7-8H2,(H,19,20)(H,21,22)(H,23,24);1H. The Hall–Kier alpha value is -2.86. The minimum atomic E-state index is -0.948. The maximum Gasteiger partial charge on any atom is 0.335 e. The van der Waals surface area contributed by atoms with Gasteiger partial charge in [0.05, 0.1) is 16.6 Å². The number of hydrogen-bond donors (Lipinski definition) is 3. The van der Waals surface area contributed by atoms with Crippen molar-refractivity contribution in [3.63, 3.8) is 0 Å². The lowest BCUT2D eigenvalue weighted by molar-refractivity contribution is 0.0697. The zero-order valence-electron chi connectivity index (χ0n) is 13.3. The number of nitrogens with zero attached hydrogens (tertiary/aromatic N) is 2. The third-order valence-electron chi connectivity index (χ3n) is 4.04. The summed E-state index contributed by atoms with van der Waals surface area (Å²) >= 11 is 0. The van der Waals surface area contributed by atoms with Crippen molar-refractivity contribution in [3.05, 3.63) is 53.6 Å². The molecule has 0 aliphatic carbocycles. The van der Waals surface area contributed by atoms with Gasteiger partial charge < -0.3 is 15.4 Å². The lowest BCUT2D eigenvalue weighted by Gasteiger charge is -2.14. The van der Waals surface area contributed by atoms with Crippen molar-refractivity contribution in [3.8, 4) is 11.4 Å². The van der Waals surface area contributed by atoms with E-state index in [2.05, 4.69) is 20.3 Å². The molecule has 0 bridgehead atoms. The van der Waals surface area contributed by atoms with E-state index in [1.165, 1.54) is 0 Å². The van der Waals surface area contributed by atoms with Crippen molar-refractivity contribution in [2.45, 2.75) is 6.42 Å². The van der Waals surface area contributed by atoms with Gasteiger partial charge in [-0.15, -0.1) is 12.4 Å². The van der Waals surface area contributed by atoms with Crippen molar-refractivity contribution in [1.82, 2.24) is 15.3 Å². The fourth-order valence-corrected chi connectivity index (χ4v) is 2.82. The lowest BCUT2D eigenvalue weighted by Crippen LogP contribution is -2.30. The zero-order chi connectivity index (χ0) is 16.5. The van der Waals surface area contributed by atoms with Crippen LogP contribution in [0.25, 0.3) is 22.4 Å². The van der Waals surface area contributed by atoms with E-state index in [9.17, 15) is 4.79 Å². The summed E-state index contributed by atoms with van der Waals surface area (Å²) in [5.74, 6) is 0.618.